The van der Waals surface area contributed by atoms with Gasteiger partial charge < -0.3 is 10.1 Å². The van der Waals surface area contributed by atoms with E-state index in [9.17, 15) is 4.79 Å². The van der Waals surface area contributed by atoms with Gasteiger partial charge in [0, 0.05) is 13.0 Å². The Kier molecular flexibility index (Phi) is 5.56. The number of hydrogen-bond donors (Lipinski definition) is 1. The van der Waals surface area contributed by atoms with Crippen molar-refractivity contribution in [2.45, 2.75) is 19.8 Å². The highest BCUT2D eigenvalue weighted by molar-refractivity contribution is 6.29. The van der Waals surface area contributed by atoms with E-state index in [1.54, 1.807) is 19.1 Å². The van der Waals surface area contributed by atoms with Gasteiger partial charge in [-0.1, -0.05) is 11.6 Å². The molecule has 1 aromatic heterocycles. The summed E-state index contributed by atoms with van der Waals surface area (Å²) in [6.45, 7) is 2.86. The van der Waals surface area contributed by atoms with Gasteiger partial charge in [-0.15, -0.1) is 10.2 Å². The molecule has 1 rings (SSSR count). The molecule has 0 aliphatic carbocycles. The largest absolute Gasteiger partial charge is 0.466 e. The Morgan fingerprint density at radius 2 is 2.31 bits per heavy atom. The average Bonchev–Trinajstić information content (AvgIpc) is 2.27. The summed E-state index contributed by atoms with van der Waals surface area (Å²) in [5, 5.41) is 10.9. The summed E-state index contributed by atoms with van der Waals surface area (Å²) in [6, 6.07) is 3.39. The van der Waals surface area contributed by atoms with E-state index < -0.39 is 0 Å². The molecule has 1 aromatic rings. The van der Waals surface area contributed by atoms with Crippen LogP contribution in [0.15, 0.2) is 12.1 Å². The third-order valence-electron chi connectivity index (χ3n) is 1.80. The lowest BCUT2D eigenvalue weighted by Gasteiger charge is -2.04. The van der Waals surface area contributed by atoms with Crippen LogP contribution in [-0.4, -0.2) is 29.3 Å². The number of halogens is 1. The lowest BCUT2D eigenvalue weighted by molar-refractivity contribution is -0.143. The number of rotatable bonds is 6. The second kappa shape index (κ2) is 7.00. The molecule has 88 valence electrons. The first kappa shape index (κ1) is 12.7. The molecule has 6 heteroatoms. The van der Waals surface area contributed by atoms with Crippen molar-refractivity contribution in [2.24, 2.45) is 0 Å². The van der Waals surface area contributed by atoms with Gasteiger partial charge in [-0.05, 0) is 25.5 Å². The number of ether oxygens (including phenoxy) is 1. The molecule has 5 nitrogen and oxygen atoms in total. The number of nitrogens with zero attached hydrogens (tertiary/aromatic N) is 2. The van der Waals surface area contributed by atoms with Gasteiger partial charge in [0.05, 0.1) is 6.61 Å². The van der Waals surface area contributed by atoms with Crippen molar-refractivity contribution in [3.05, 3.63) is 17.3 Å². The zero-order valence-corrected chi connectivity index (χ0v) is 9.83. The minimum atomic E-state index is -0.175. The highest BCUT2D eigenvalue weighted by Gasteiger charge is 2.01. The van der Waals surface area contributed by atoms with Gasteiger partial charge >= 0.3 is 5.97 Å². The Morgan fingerprint density at radius 3 is 2.94 bits per heavy atom. The summed E-state index contributed by atoms with van der Waals surface area (Å²) in [5.41, 5.74) is 0. The summed E-state index contributed by atoms with van der Waals surface area (Å²) in [7, 11) is 0. The number of anilines is 1. The zero-order chi connectivity index (χ0) is 11.8. The molecular weight excluding hydrogens is 230 g/mol. The van der Waals surface area contributed by atoms with Gasteiger partial charge in [0.15, 0.2) is 5.15 Å². The molecule has 0 spiro atoms. The Morgan fingerprint density at radius 1 is 1.50 bits per heavy atom. The first-order chi connectivity index (χ1) is 7.72. The molecular formula is C10H14ClN3O2. The van der Waals surface area contributed by atoms with Crippen LogP contribution in [0.25, 0.3) is 0 Å². The monoisotopic (exact) mass is 243 g/mol. The molecule has 0 saturated carbocycles. The van der Waals surface area contributed by atoms with Crippen LogP contribution >= 0.6 is 11.6 Å². The summed E-state index contributed by atoms with van der Waals surface area (Å²) in [4.78, 5) is 11.0. The lowest BCUT2D eigenvalue weighted by Crippen LogP contribution is -2.09. The molecule has 0 unspecified atom stereocenters. The molecule has 0 aliphatic heterocycles. The Hall–Kier alpha value is -1.36. The first-order valence-electron chi connectivity index (χ1n) is 5.11. The maximum absolute atomic E-state index is 11.0. The van der Waals surface area contributed by atoms with Gasteiger partial charge in [-0.3, -0.25) is 4.79 Å². The summed E-state index contributed by atoms with van der Waals surface area (Å²) in [6.07, 6.45) is 1.10. The predicted molar refractivity (Wildman–Crippen MR) is 61.4 cm³/mol. The third-order valence-corrected chi connectivity index (χ3v) is 2.00. The number of esters is 1. The van der Waals surface area contributed by atoms with Crippen molar-refractivity contribution < 1.29 is 9.53 Å². The van der Waals surface area contributed by atoms with Crippen LogP contribution in [0.4, 0.5) is 5.82 Å². The number of nitrogens with one attached hydrogen (secondary N) is 1. The third kappa shape index (κ3) is 4.93. The fraction of sp³-hybridized carbons (Fsp3) is 0.500. The number of carbonyl (C=O) groups is 1. The molecule has 0 atom stereocenters. The van der Waals surface area contributed by atoms with Gasteiger partial charge in [0.2, 0.25) is 0 Å². The smallest absolute Gasteiger partial charge is 0.305 e. The Bertz CT molecular complexity index is 329. The topological polar surface area (TPSA) is 64.1 Å². The molecule has 1 heterocycles. The highest BCUT2D eigenvalue weighted by Crippen LogP contribution is 2.06. The molecule has 0 fully saturated rings. The van der Waals surface area contributed by atoms with Gasteiger partial charge in [0.1, 0.15) is 5.82 Å². The molecule has 0 aromatic carbocycles. The molecule has 0 amide bonds. The predicted octanol–water partition coefficient (Wildman–Crippen LogP) is 1.89. The Labute approximate surface area is 99.2 Å². The first-order valence-corrected chi connectivity index (χ1v) is 5.49. The van der Waals surface area contributed by atoms with E-state index in [2.05, 4.69) is 15.5 Å². The fourth-order valence-corrected chi connectivity index (χ4v) is 1.19. The maximum Gasteiger partial charge on any atom is 0.305 e. The second-order valence-electron chi connectivity index (χ2n) is 3.08. The second-order valence-corrected chi connectivity index (χ2v) is 3.46. The zero-order valence-electron chi connectivity index (χ0n) is 9.07. The van der Waals surface area contributed by atoms with Gasteiger partial charge in [-0.2, -0.15) is 0 Å². The lowest BCUT2D eigenvalue weighted by atomic mass is 10.3. The highest BCUT2D eigenvalue weighted by atomic mass is 35.5. The maximum atomic E-state index is 11.0. The van der Waals surface area contributed by atoms with E-state index >= 15 is 0 Å². The number of aromatic nitrogens is 2. The van der Waals surface area contributed by atoms with Crippen LogP contribution in [0.1, 0.15) is 19.8 Å². The summed E-state index contributed by atoms with van der Waals surface area (Å²) in [5.74, 6) is 0.472. The van der Waals surface area contributed by atoms with Crippen LogP contribution in [-0.2, 0) is 9.53 Å². The van der Waals surface area contributed by atoms with E-state index in [1.165, 1.54) is 0 Å². The quantitative estimate of drug-likeness (QED) is 0.611. The normalized spacial score (nSPS) is 9.88. The van der Waals surface area contributed by atoms with E-state index in [1.807, 2.05) is 0 Å². The van der Waals surface area contributed by atoms with Crippen molar-refractivity contribution in [3.8, 4) is 0 Å². The van der Waals surface area contributed by atoms with Crippen LogP contribution in [0, 0.1) is 0 Å². The summed E-state index contributed by atoms with van der Waals surface area (Å²) >= 11 is 5.59. The Balaban J connectivity index is 2.16. The van der Waals surface area contributed by atoms with Crippen molar-refractivity contribution >= 4 is 23.4 Å². The van der Waals surface area contributed by atoms with Crippen molar-refractivity contribution in [1.29, 1.82) is 0 Å². The average molecular weight is 244 g/mol. The van der Waals surface area contributed by atoms with E-state index in [-0.39, 0.29) is 5.97 Å². The van der Waals surface area contributed by atoms with Crippen LogP contribution < -0.4 is 5.32 Å². The van der Waals surface area contributed by atoms with E-state index in [4.69, 9.17) is 16.3 Å². The van der Waals surface area contributed by atoms with Crippen LogP contribution in [0.2, 0.25) is 5.15 Å². The SMILES string of the molecule is CCOC(=O)CCCNc1ccc(Cl)nn1. The number of hydrogen-bond acceptors (Lipinski definition) is 5. The van der Waals surface area contributed by atoms with Gasteiger partial charge in [-0.25, -0.2) is 0 Å². The minimum absolute atomic E-state index is 0.175. The molecule has 0 saturated heterocycles. The fourth-order valence-electron chi connectivity index (χ4n) is 1.09. The summed E-state index contributed by atoms with van der Waals surface area (Å²) < 4.78 is 4.80. The van der Waals surface area contributed by atoms with Crippen molar-refractivity contribution in [3.63, 3.8) is 0 Å². The molecule has 0 radical (unpaired) electrons. The minimum Gasteiger partial charge on any atom is -0.466 e. The van der Waals surface area contributed by atoms with Gasteiger partial charge in [0.25, 0.3) is 0 Å². The standard InChI is InChI=1S/C10H14ClN3O2/c1-2-16-10(15)4-3-7-12-9-6-5-8(11)13-14-9/h5-6H,2-4,7H2,1H3,(H,12,14). The van der Waals surface area contributed by atoms with E-state index in [0.29, 0.717) is 37.0 Å². The van der Waals surface area contributed by atoms with Crippen LogP contribution in [0.5, 0.6) is 0 Å². The molecule has 0 aliphatic rings. The molecule has 16 heavy (non-hydrogen) atoms. The van der Waals surface area contributed by atoms with E-state index in [0.717, 1.165) is 0 Å². The number of carbonyl (C=O) groups excluding carboxylic acids is 1. The molecule has 0 bridgehead atoms. The van der Waals surface area contributed by atoms with Crippen molar-refractivity contribution in [1.82, 2.24) is 10.2 Å². The van der Waals surface area contributed by atoms with Crippen molar-refractivity contribution in [2.75, 3.05) is 18.5 Å². The molecule has 1 N–H and O–H groups in total. The van der Waals surface area contributed by atoms with Crippen LogP contribution in [0.3, 0.4) is 0 Å².